The summed E-state index contributed by atoms with van der Waals surface area (Å²) in [4.78, 5) is 27.0. The molecule has 32 heavy (non-hydrogen) atoms. The maximum absolute atomic E-state index is 13.6. The predicted molar refractivity (Wildman–Crippen MR) is 119 cm³/mol. The van der Waals surface area contributed by atoms with E-state index in [4.69, 9.17) is 9.47 Å². The summed E-state index contributed by atoms with van der Waals surface area (Å²) in [7, 11) is -1.43. The Morgan fingerprint density at radius 3 is 2.34 bits per heavy atom. The molecule has 0 unspecified atom stereocenters. The Labute approximate surface area is 186 Å². The van der Waals surface area contributed by atoms with Gasteiger partial charge in [-0.1, -0.05) is 18.2 Å². The topological polar surface area (TPSA) is 94.9 Å². The molecule has 1 aliphatic heterocycles. The molecule has 8 nitrogen and oxygen atoms in total. The van der Waals surface area contributed by atoms with E-state index in [0.717, 1.165) is 23.2 Å². The molecule has 0 saturated carbocycles. The van der Waals surface area contributed by atoms with Crippen molar-refractivity contribution < 1.29 is 27.5 Å². The van der Waals surface area contributed by atoms with E-state index in [1.54, 1.807) is 29.2 Å². The lowest BCUT2D eigenvalue weighted by molar-refractivity contribution is 0.0602. The van der Waals surface area contributed by atoms with Gasteiger partial charge in [0.25, 0.3) is 15.9 Å². The van der Waals surface area contributed by atoms with Crippen molar-refractivity contribution in [1.82, 2.24) is 8.87 Å². The van der Waals surface area contributed by atoms with E-state index in [1.165, 1.54) is 38.6 Å². The molecule has 3 aromatic rings. The Hall–Kier alpha value is -3.33. The highest BCUT2D eigenvalue weighted by Crippen LogP contribution is 2.30. The fourth-order valence-corrected chi connectivity index (χ4v) is 5.41. The Morgan fingerprint density at radius 2 is 1.66 bits per heavy atom. The van der Waals surface area contributed by atoms with Crippen LogP contribution >= 0.6 is 0 Å². The van der Waals surface area contributed by atoms with E-state index in [1.807, 2.05) is 0 Å². The first-order valence-corrected chi connectivity index (χ1v) is 11.7. The first-order valence-electron chi connectivity index (χ1n) is 10.3. The fraction of sp³-hybridized carbons (Fsp3) is 0.304. The third kappa shape index (κ3) is 3.73. The molecular weight excluding hydrogens is 432 g/mol. The highest BCUT2D eigenvalue weighted by Gasteiger charge is 2.27. The highest BCUT2D eigenvalue weighted by molar-refractivity contribution is 7.90. The van der Waals surface area contributed by atoms with Crippen LogP contribution in [0.4, 0.5) is 0 Å². The van der Waals surface area contributed by atoms with Gasteiger partial charge in [-0.3, -0.25) is 4.79 Å². The zero-order valence-electron chi connectivity index (χ0n) is 17.9. The molecule has 1 aromatic heterocycles. The molecule has 0 bridgehead atoms. The lowest BCUT2D eigenvalue weighted by Gasteiger charge is -2.27. The molecule has 1 saturated heterocycles. The number of piperidine rings is 1. The second kappa shape index (κ2) is 8.66. The number of nitrogens with zero attached hydrogens (tertiary/aromatic N) is 2. The Kier molecular flexibility index (Phi) is 5.92. The van der Waals surface area contributed by atoms with Gasteiger partial charge >= 0.3 is 5.97 Å². The molecule has 2 heterocycles. The molecule has 1 fully saturated rings. The molecule has 1 aliphatic rings. The molecular formula is C23H24N2O6S. The number of methoxy groups -OCH3 is 2. The summed E-state index contributed by atoms with van der Waals surface area (Å²) in [5.41, 5.74) is 0.678. The van der Waals surface area contributed by atoms with Crippen molar-refractivity contribution in [2.24, 2.45) is 0 Å². The number of carbonyl (C=O) groups excluding carboxylic acids is 2. The Balaban J connectivity index is 1.83. The SMILES string of the molecule is COC(=O)c1cn(S(=O)(=O)c2ccc(OC)c(C(=O)N3CCCCC3)c2)c2ccccc12. The maximum atomic E-state index is 13.6. The predicted octanol–water partition coefficient (Wildman–Crippen LogP) is 3.30. The van der Waals surface area contributed by atoms with Crippen molar-refractivity contribution in [3.05, 3.63) is 59.8 Å². The van der Waals surface area contributed by atoms with Crippen molar-refractivity contribution in [3.63, 3.8) is 0 Å². The van der Waals surface area contributed by atoms with Crippen molar-refractivity contribution in [1.29, 1.82) is 0 Å². The molecule has 0 spiro atoms. The second-order valence-electron chi connectivity index (χ2n) is 7.57. The molecule has 0 atom stereocenters. The van der Waals surface area contributed by atoms with Gasteiger partial charge in [0, 0.05) is 24.7 Å². The van der Waals surface area contributed by atoms with Gasteiger partial charge in [-0.25, -0.2) is 17.2 Å². The normalized spacial score (nSPS) is 14.4. The van der Waals surface area contributed by atoms with Crippen LogP contribution < -0.4 is 4.74 Å². The van der Waals surface area contributed by atoms with Gasteiger partial charge < -0.3 is 14.4 Å². The minimum absolute atomic E-state index is 0.0733. The van der Waals surface area contributed by atoms with Gasteiger partial charge in [0.2, 0.25) is 0 Å². The average Bonchev–Trinajstić information content (AvgIpc) is 3.24. The van der Waals surface area contributed by atoms with E-state index in [9.17, 15) is 18.0 Å². The van der Waals surface area contributed by atoms with E-state index < -0.39 is 16.0 Å². The number of hydrogen-bond acceptors (Lipinski definition) is 6. The molecule has 1 amide bonds. The number of aromatic nitrogens is 1. The van der Waals surface area contributed by atoms with Crippen LogP contribution in [0.5, 0.6) is 5.75 Å². The van der Waals surface area contributed by atoms with Gasteiger partial charge in [0.1, 0.15) is 5.75 Å². The van der Waals surface area contributed by atoms with Crippen LogP contribution in [0.1, 0.15) is 40.0 Å². The molecule has 0 radical (unpaired) electrons. The summed E-state index contributed by atoms with van der Waals surface area (Å²) < 4.78 is 38.3. The smallest absolute Gasteiger partial charge is 0.340 e. The number of ether oxygens (including phenoxy) is 2. The second-order valence-corrected chi connectivity index (χ2v) is 9.38. The zero-order chi connectivity index (χ0) is 22.9. The molecule has 9 heteroatoms. The van der Waals surface area contributed by atoms with Gasteiger partial charge in [-0.05, 0) is 43.5 Å². The van der Waals surface area contributed by atoms with Crippen LogP contribution in [0.25, 0.3) is 10.9 Å². The van der Waals surface area contributed by atoms with Gasteiger partial charge in [-0.2, -0.15) is 0 Å². The summed E-state index contributed by atoms with van der Waals surface area (Å²) >= 11 is 0. The van der Waals surface area contributed by atoms with Crippen LogP contribution in [0, 0.1) is 0 Å². The van der Waals surface area contributed by atoms with E-state index >= 15 is 0 Å². The van der Waals surface area contributed by atoms with Crippen LogP contribution in [0.15, 0.2) is 53.6 Å². The van der Waals surface area contributed by atoms with Crippen molar-refractivity contribution in [2.75, 3.05) is 27.3 Å². The van der Waals surface area contributed by atoms with Crippen LogP contribution in [-0.4, -0.2) is 56.5 Å². The summed E-state index contributed by atoms with van der Waals surface area (Å²) in [5, 5.41) is 0.459. The lowest BCUT2D eigenvalue weighted by atomic mass is 10.1. The number of para-hydroxylation sites is 1. The minimum atomic E-state index is -4.12. The number of carbonyl (C=O) groups is 2. The number of benzene rings is 2. The largest absolute Gasteiger partial charge is 0.496 e. The third-order valence-corrected chi connectivity index (χ3v) is 7.35. The maximum Gasteiger partial charge on any atom is 0.340 e. The molecule has 0 aliphatic carbocycles. The lowest BCUT2D eigenvalue weighted by Crippen LogP contribution is -2.35. The molecule has 2 aromatic carbocycles. The average molecular weight is 457 g/mol. The van der Waals surface area contributed by atoms with Crippen LogP contribution in [0.3, 0.4) is 0 Å². The fourth-order valence-electron chi connectivity index (χ4n) is 4.02. The van der Waals surface area contributed by atoms with Crippen molar-refractivity contribution in [3.8, 4) is 5.75 Å². The Bertz CT molecular complexity index is 1290. The van der Waals surface area contributed by atoms with Crippen molar-refractivity contribution >= 4 is 32.8 Å². The van der Waals surface area contributed by atoms with Crippen LogP contribution in [-0.2, 0) is 14.8 Å². The summed E-state index contributed by atoms with van der Waals surface area (Å²) in [6, 6.07) is 10.9. The summed E-state index contributed by atoms with van der Waals surface area (Å²) in [6.45, 7) is 1.26. The van der Waals surface area contributed by atoms with Gasteiger partial charge in [0.05, 0.1) is 35.8 Å². The van der Waals surface area contributed by atoms with Gasteiger partial charge in [0.15, 0.2) is 0 Å². The summed E-state index contributed by atoms with van der Waals surface area (Å²) in [5.74, 6) is -0.579. The standard InChI is InChI=1S/C23H24N2O6S/c1-30-21-11-10-16(14-18(21)22(26)24-12-6-3-7-13-24)32(28,29)25-15-19(23(27)31-2)17-8-4-5-9-20(17)25/h4-5,8-11,14-15H,3,6-7,12-13H2,1-2H3. The minimum Gasteiger partial charge on any atom is -0.496 e. The number of rotatable bonds is 5. The molecule has 0 N–H and O–H groups in total. The van der Waals surface area contributed by atoms with Gasteiger partial charge in [-0.15, -0.1) is 0 Å². The van der Waals surface area contributed by atoms with Crippen LogP contribution in [0.2, 0.25) is 0 Å². The van der Waals surface area contributed by atoms with Crippen molar-refractivity contribution in [2.45, 2.75) is 24.2 Å². The number of esters is 1. The zero-order valence-corrected chi connectivity index (χ0v) is 18.7. The highest BCUT2D eigenvalue weighted by atomic mass is 32.2. The number of likely N-dealkylation sites (tertiary alicyclic amines) is 1. The van der Waals surface area contributed by atoms with E-state index in [2.05, 4.69) is 0 Å². The molecule has 4 rings (SSSR count). The number of fused-ring (bicyclic) bond motifs is 1. The summed E-state index contributed by atoms with van der Waals surface area (Å²) in [6.07, 6.45) is 4.15. The first-order chi connectivity index (χ1) is 15.4. The van der Waals surface area contributed by atoms with E-state index in [-0.39, 0.29) is 21.9 Å². The number of amides is 1. The molecule has 168 valence electrons. The Morgan fingerprint density at radius 1 is 0.938 bits per heavy atom. The first kappa shape index (κ1) is 21.9. The monoisotopic (exact) mass is 456 g/mol. The quantitative estimate of drug-likeness (QED) is 0.547. The third-order valence-electron chi connectivity index (χ3n) is 5.68. The van der Waals surface area contributed by atoms with E-state index in [0.29, 0.717) is 29.7 Å². The number of hydrogen-bond donors (Lipinski definition) is 0.